The molecule has 1 aliphatic heterocycles. The molecule has 0 radical (unpaired) electrons. The average molecular weight is 449 g/mol. The van der Waals surface area contributed by atoms with Gasteiger partial charge in [-0.2, -0.15) is 9.41 Å². The van der Waals surface area contributed by atoms with E-state index >= 15 is 0 Å². The van der Waals surface area contributed by atoms with Crippen LogP contribution in [0.1, 0.15) is 40.9 Å². The Morgan fingerprint density at radius 3 is 2.31 bits per heavy atom. The molecule has 0 bridgehead atoms. The van der Waals surface area contributed by atoms with Crippen LogP contribution in [0.4, 0.5) is 0 Å². The minimum Gasteiger partial charge on any atom is -0.267 e. The zero-order chi connectivity index (χ0) is 22.4. The molecule has 4 rings (SSSR count). The van der Waals surface area contributed by atoms with Gasteiger partial charge in [-0.3, -0.25) is 9.78 Å². The first-order chi connectivity index (χ1) is 15.6. The predicted octanol–water partition coefficient (Wildman–Crippen LogP) is 3.44. The Bertz CT molecular complexity index is 1160. The molecule has 2 heterocycles. The number of nitrogens with one attached hydrogen (secondary N) is 1. The molecule has 7 nitrogen and oxygen atoms in total. The van der Waals surface area contributed by atoms with Crippen LogP contribution in [0.15, 0.2) is 89.0 Å². The van der Waals surface area contributed by atoms with Gasteiger partial charge in [-0.25, -0.2) is 13.8 Å². The Morgan fingerprint density at radius 1 is 0.875 bits per heavy atom. The second-order valence-corrected chi connectivity index (χ2v) is 9.41. The summed E-state index contributed by atoms with van der Waals surface area (Å²) in [5, 5.41) is 4.32. The fourth-order valence-corrected chi connectivity index (χ4v) is 5.16. The number of rotatable bonds is 6. The lowest BCUT2D eigenvalue weighted by molar-refractivity contribution is 0.0954. The summed E-state index contributed by atoms with van der Waals surface area (Å²) < 4.78 is 27.4. The van der Waals surface area contributed by atoms with Gasteiger partial charge in [0.25, 0.3) is 5.91 Å². The number of hydrogen-bond acceptors (Lipinski definition) is 5. The van der Waals surface area contributed by atoms with Crippen molar-refractivity contribution in [2.75, 3.05) is 13.1 Å². The normalized spacial score (nSPS) is 15.3. The van der Waals surface area contributed by atoms with Crippen LogP contribution in [-0.2, 0) is 10.0 Å². The SMILES string of the molecule is O=C(N/N=C(/c1ccccc1)c1ccccn1)c1cccc(S(=O)(=O)N2CCCCC2)c1. The van der Waals surface area contributed by atoms with Crippen molar-refractivity contribution in [3.63, 3.8) is 0 Å². The first kappa shape index (κ1) is 21.9. The van der Waals surface area contributed by atoms with Gasteiger partial charge in [0, 0.05) is 30.4 Å². The van der Waals surface area contributed by atoms with Gasteiger partial charge in [0.05, 0.1) is 10.6 Å². The van der Waals surface area contributed by atoms with Crippen LogP contribution in [0.3, 0.4) is 0 Å². The first-order valence-electron chi connectivity index (χ1n) is 10.5. The first-order valence-corrected chi connectivity index (χ1v) is 11.9. The van der Waals surface area contributed by atoms with Crippen LogP contribution in [0.5, 0.6) is 0 Å². The van der Waals surface area contributed by atoms with Crippen molar-refractivity contribution in [2.45, 2.75) is 24.2 Å². The van der Waals surface area contributed by atoms with Crippen molar-refractivity contribution in [2.24, 2.45) is 5.10 Å². The third-order valence-corrected chi connectivity index (χ3v) is 7.17. The fourth-order valence-electron chi connectivity index (χ4n) is 3.59. The number of benzene rings is 2. The number of amides is 1. The molecule has 164 valence electrons. The smallest absolute Gasteiger partial charge is 0.267 e. The van der Waals surface area contributed by atoms with E-state index in [1.807, 2.05) is 42.5 Å². The van der Waals surface area contributed by atoms with Crippen molar-refractivity contribution in [3.05, 3.63) is 95.8 Å². The Hall–Kier alpha value is -3.36. The number of sulfonamides is 1. The van der Waals surface area contributed by atoms with E-state index in [-0.39, 0.29) is 10.5 Å². The monoisotopic (exact) mass is 448 g/mol. The van der Waals surface area contributed by atoms with Gasteiger partial charge in [-0.1, -0.05) is 48.9 Å². The molecule has 0 saturated carbocycles. The minimum absolute atomic E-state index is 0.115. The maximum atomic E-state index is 13.0. The van der Waals surface area contributed by atoms with E-state index in [2.05, 4.69) is 15.5 Å². The summed E-state index contributed by atoms with van der Waals surface area (Å²) in [6.07, 6.45) is 4.39. The van der Waals surface area contributed by atoms with Gasteiger partial charge >= 0.3 is 0 Å². The van der Waals surface area contributed by atoms with E-state index in [9.17, 15) is 13.2 Å². The quantitative estimate of drug-likeness (QED) is 0.462. The zero-order valence-electron chi connectivity index (χ0n) is 17.5. The average Bonchev–Trinajstić information content (AvgIpc) is 2.86. The van der Waals surface area contributed by atoms with E-state index in [0.29, 0.717) is 24.5 Å². The third-order valence-electron chi connectivity index (χ3n) is 5.27. The highest BCUT2D eigenvalue weighted by molar-refractivity contribution is 7.89. The highest BCUT2D eigenvalue weighted by Gasteiger charge is 2.26. The molecule has 0 aliphatic carbocycles. The number of aromatic nitrogens is 1. The molecule has 1 fully saturated rings. The molecule has 1 saturated heterocycles. The number of pyridine rings is 1. The van der Waals surface area contributed by atoms with E-state index < -0.39 is 15.9 Å². The van der Waals surface area contributed by atoms with Crippen LogP contribution in [0.2, 0.25) is 0 Å². The molecule has 2 aromatic carbocycles. The lowest BCUT2D eigenvalue weighted by Gasteiger charge is -2.25. The summed E-state index contributed by atoms with van der Waals surface area (Å²) in [5.41, 5.74) is 4.70. The van der Waals surface area contributed by atoms with Crippen LogP contribution in [0.25, 0.3) is 0 Å². The fraction of sp³-hybridized carbons (Fsp3) is 0.208. The second kappa shape index (κ2) is 9.84. The molecule has 1 aliphatic rings. The minimum atomic E-state index is -3.63. The molecule has 1 amide bonds. The van der Waals surface area contributed by atoms with Gasteiger partial charge in [-0.15, -0.1) is 0 Å². The van der Waals surface area contributed by atoms with E-state index in [0.717, 1.165) is 24.8 Å². The molecule has 8 heteroatoms. The molecular formula is C24H24N4O3S. The van der Waals surface area contributed by atoms with E-state index in [1.54, 1.807) is 24.4 Å². The van der Waals surface area contributed by atoms with Crippen molar-refractivity contribution >= 4 is 21.6 Å². The summed E-state index contributed by atoms with van der Waals surface area (Å²) in [6, 6.07) is 20.9. The van der Waals surface area contributed by atoms with Gasteiger partial charge < -0.3 is 0 Å². The summed E-state index contributed by atoms with van der Waals surface area (Å²) in [4.78, 5) is 17.3. The lowest BCUT2D eigenvalue weighted by atomic mass is 10.1. The van der Waals surface area contributed by atoms with Gasteiger partial charge in [0.2, 0.25) is 10.0 Å². The molecular weight excluding hydrogens is 424 g/mol. The topological polar surface area (TPSA) is 91.7 Å². The zero-order valence-corrected chi connectivity index (χ0v) is 18.3. The number of hydrogen-bond donors (Lipinski definition) is 1. The molecule has 0 spiro atoms. The molecule has 32 heavy (non-hydrogen) atoms. The summed E-state index contributed by atoms with van der Waals surface area (Å²) >= 11 is 0. The Balaban J connectivity index is 1.59. The Labute approximate surface area is 187 Å². The van der Waals surface area contributed by atoms with E-state index in [4.69, 9.17) is 0 Å². The Kier molecular flexibility index (Phi) is 6.72. The number of hydrazone groups is 1. The standard InChI is InChI=1S/C24H24N4O3S/c29-24(20-12-9-13-21(18-20)32(30,31)28-16-7-2-8-17-28)27-26-23(19-10-3-1-4-11-19)22-14-5-6-15-25-22/h1,3-6,9-15,18H,2,7-8,16-17H2,(H,27,29)/b26-23-. The molecule has 3 aromatic rings. The van der Waals surface area contributed by atoms with Crippen molar-refractivity contribution in [1.29, 1.82) is 0 Å². The van der Waals surface area contributed by atoms with Crippen LogP contribution >= 0.6 is 0 Å². The van der Waals surface area contributed by atoms with Crippen molar-refractivity contribution in [1.82, 2.24) is 14.7 Å². The lowest BCUT2D eigenvalue weighted by Crippen LogP contribution is -2.35. The van der Waals surface area contributed by atoms with Crippen LogP contribution < -0.4 is 5.43 Å². The summed E-state index contributed by atoms with van der Waals surface area (Å²) in [5.74, 6) is -0.495. The molecule has 1 N–H and O–H groups in total. The van der Waals surface area contributed by atoms with Crippen LogP contribution in [0, 0.1) is 0 Å². The second-order valence-electron chi connectivity index (χ2n) is 7.47. The van der Waals surface area contributed by atoms with Crippen molar-refractivity contribution in [3.8, 4) is 0 Å². The third kappa shape index (κ3) is 4.92. The predicted molar refractivity (Wildman–Crippen MR) is 123 cm³/mol. The summed E-state index contributed by atoms with van der Waals surface area (Å²) in [7, 11) is -3.63. The number of carbonyl (C=O) groups is 1. The summed E-state index contributed by atoms with van der Waals surface area (Å²) in [6.45, 7) is 1.02. The van der Waals surface area contributed by atoms with E-state index in [1.165, 1.54) is 16.4 Å². The maximum Gasteiger partial charge on any atom is 0.271 e. The molecule has 1 aromatic heterocycles. The molecule has 0 atom stereocenters. The Morgan fingerprint density at radius 2 is 1.59 bits per heavy atom. The number of nitrogens with zero attached hydrogens (tertiary/aromatic N) is 3. The highest BCUT2D eigenvalue weighted by Crippen LogP contribution is 2.21. The number of piperidine rings is 1. The van der Waals surface area contributed by atoms with Gasteiger partial charge in [0.1, 0.15) is 5.71 Å². The van der Waals surface area contributed by atoms with Crippen molar-refractivity contribution < 1.29 is 13.2 Å². The number of carbonyl (C=O) groups excluding carboxylic acids is 1. The maximum absolute atomic E-state index is 13.0. The molecule has 0 unspecified atom stereocenters. The largest absolute Gasteiger partial charge is 0.271 e. The highest BCUT2D eigenvalue weighted by atomic mass is 32.2. The van der Waals surface area contributed by atoms with Crippen LogP contribution in [-0.4, -0.2) is 42.4 Å². The van der Waals surface area contributed by atoms with Gasteiger partial charge in [-0.05, 0) is 43.2 Å². The van der Waals surface area contributed by atoms with Gasteiger partial charge in [0.15, 0.2) is 0 Å².